The maximum Gasteiger partial charge on any atom is 0.488 e. The molecule has 0 saturated carbocycles. The molecule has 3 nitrogen and oxygen atoms in total. The van der Waals surface area contributed by atoms with Crippen LogP contribution in [0.1, 0.15) is 11.1 Å². The van der Waals surface area contributed by atoms with Gasteiger partial charge >= 0.3 is 7.12 Å². The summed E-state index contributed by atoms with van der Waals surface area (Å²) in [5.74, 6) is -0.386. The first-order chi connectivity index (χ1) is 13.5. The van der Waals surface area contributed by atoms with Crippen LogP contribution in [-0.2, 0) is 13.1 Å². The maximum atomic E-state index is 13.7. The van der Waals surface area contributed by atoms with E-state index in [-0.39, 0.29) is 5.82 Å². The Labute approximate surface area is 163 Å². The summed E-state index contributed by atoms with van der Waals surface area (Å²) < 4.78 is 13.7. The molecule has 4 rings (SSSR count). The minimum Gasteiger partial charge on any atom is -0.423 e. The second kappa shape index (κ2) is 7.72. The number of hydrogen-bond donors (Lipinski definition) is 2. The Kier molecular flexibility index (Phi) is 5.14. The predicted octanol–water partition coefficient (Wildman–Crippen LogP) is 3.44. The van der Waals surface area contributed by atoms with Crippen molar-refractivity contribution in [2.24, 2.45) is 0 Å². The highest BCUT2D eigenvalue weighted by Crippen LogP contribution is 2.29. The van der Waals surface area contributed by atoms with Crippen molar-refractivity contribution in [2.45, 2.75) is 13.1 Å². The average Bonchev–Trinajstić information content (AvgIpc) is 2.67. The summed E-state index contributed by atoms with van der Waals surface area (Å²) in [6, 6.07) is 22.8. The van der Waals surface area contributed by atoms with Gasteiger partial charge in [-0.25, -0.2) is 4.39 Å². The van der Waals surface area contributed by atoms with E-state index in [1.807, 2.05) is 31.3 Å². The van der Waals surface area contributed by atoms with E-state index < -0.39 is 7.12 Å². The Morgan fingerprint density at radius 1 is 0.821 bits per heavy atom. The zero-order valence-electron chi connectivity index (χ0n) is 15.6. The summed E-state index contributed by atoms with van der Waals surface area (Å²) >= 11 is 0. The van der Waals surface area contributed by atoms with Gasteiger partial charge < -0.3 is 10.0 Å². The van der Waals surface area contributed by atoms with E-state index in [0.717, 1.165) is 0 Å². The lowest BCUT2D eigenvalue weighted by Gasteiger charge is -2.21. The molecule has 0 bridgehead atoms. The number of hydrogen-bond acceptors (Lipinski definition) is 3. The molecule has 0 saturated heterocycles. The van der Waals surface area contributed by atoms with Crippen molar-refractivity contribution < 1.29 is 14.4 Å². The molecule has 5 heteroatoms. The molecule has 28 heavy (non-hydrogen) atoms. The van der Waals surface area contributed by atoms with Gasteiger partial charge in [-0.05, 0) is 63.4 Å². The normalized spacial score (nSPS) is 11.5. The first kappa shape index (κ1) is 18.6. The van der Waals surface area contributed by atoms with Crippen molar-refractivity contribution in [3.63, 3.8) is 0 Å². The van der Waals surface area contributed by atoms with Crippen molar-refractivity contribution in [1.29, 1.82) is 0 Å². The van der Waals surface area contributed by atoms with E-state index in [4.69, 9.17) is 0 Å². The Hall–Kier alpha value is -2.73. The van der Waals surface area contributed by atoms with Gasteiger partial charge in [-0.3, -0.25) is 4.90 Å². The third-order valence-corrected chi connectivity index (χ3v) is 5.13. The molecule has 0 radical (unpaired) electrons. The van der Waals surface area contributed by atoms with E-state index >= 15 is 0 Å². The molecule has 0 heterocycles. The fraction of sp³-hybridized carbons (Fsp3) is 0.130. The van der Waals surface area contributed by atoms with Gasteiger partial charge in [0.15, 0.2) is 0 Å². The Balaban J connectivity index is 1.73. The van der Waals surface area contributed by atoms with E-state index in [1.54, 1.807) is 0 Å². The van der Waals surface area contributed by atoms with Gasteiger partial charge in [0, 0.05) is 13.1 Å². The van der Waals surface area contributed by atoms with Crippen LogP contribution in [0.5, 0.6) is 0 Å². The molecule has 4 aromatic carbocycles. The standard InChI is InChI=1S/C23H21BFNO2/c1-26(14-18-13-19(25)10-11-23(18)24(27)28)15-22-20-8-4-2-6-16(20)12-17-7-3-5-9-21(17)22/h2-13,27-28H,14-15H2,1H3. The lowest BCUT2D eigenvalue weighted by molar-refractivity contribution is 0.321. The highest BCUT2D eigenvalue weighted by atomic mass is 19.1. The monoisotopic (exact) mass is 373 g/mol. The second-order valence-electron chi connectivity index (χ2n) is 7.19. The SMILES string of the molecule is CN(Cc1cc(F)ccc1B(O)O)Cc1c2ccccc2cc2ccccc12. The van der Waals surface area contributed by atoms with Gasteiger partial charge in [-0.2, -0.15) is 0 Å². The molecule has 140 valence electrons. The summed E-state index contributed by atoms with van der Waals surface area (Å²) in [5.41, 5.74) is 2.11. The van der Waals surface area contributed by atoms with E-state index in [2.05, 4.69) is 35.2 Å². The Morgan fingerprint density at radius 3 is 2.04 bits per heavy atom. The van der Waals surface area contributed by atoms with Crippen LogP contribution in [-0.4, -0.2) is 29.1 Å². The zero-order valence-corrected chi connectivity index (χ0v) is 15.6. The second-order valence-corrected chi connectivity index (χ2v) is 7.19. The predicted molar refractivity (Wildman–Crippen MR) is 113 cm³/mol. The topological polar surface area (TPSA) is 43.7 Å². The molecule has 0 atom stereocenters. The summed E-state index contributed by atoms with van der Waals surface area (Å²) in [6.45, 7) is 1.06. The molecule has 0 unspecified atom stereocenters. The highest BCUT2D eigenvalue weighted by molar-refractivity contribution is 6.59. The van der Waals surface area contributed by atoms with Crippen LogP contribution in [0.4, 0.5) is 4.39 Å². The number of benzene rings is 4. The minimum atomic E-state index is -1.62. The van der Waals surface area contributed by atoms with E-state index in [9.17, 15) is 14.4 Å². The smallest absolute Gasteiger partial charge is 0.423 e. The van der Waals surface area contributed by atoms with Gasteiger partial charge in [0.25, 0.3) is 0 Å². The first-order valence-electron chi connectivity index (χ1n) is 9.25. The number of halogens is 1. The molecule has 2 N–H and O–H groups in total. The van der Waals surface area contributed by atoms with Crippen LogP contribution in [0.2, 0.25) is 0 Å². The molecule has 0 aliphatic carbocycles. The number of nitrogens with zero attached hydrogens (tertiary/aromatic N) is 1. The Morgan fingerprint density at radius 2 is 1.43 bits per heavy atom. The van der Waals surface area contributed by atoms with Crippen molar-refractivity contribution in [3.8, 4) is 0 Å². The third kappa shape index (κ3) is 3.65. The van der Waals surface area contributed by atoms with Crippen LogP contribution in [0.15, 0.2) is 72.8 Å². The molecule has 0 fully saturated rings. The average molecular weight is 373 g/mol. The van der Waals surface area contributed by atoms with Crippen LogP contribution in [0, 0.1) is 5.82 Å². The summed E-state index contributed by atoms with van der Waals surface area (Å²) in [4.78, 5) is 2.06. The van der Waals surface area contributed by atoms with Crippen LogP contribution < -0.4 is 5.46 Å². The molecule has 4 aromatic rings. The van der Waals surface area contributed by atoms with Crippen LogP contribution >= 0.6 is 0 Å². The number of fused-ring (bicyclic) bond motifs is 2. The quantitative estimate of drug-likeness (QED) is 0.416. The largest absolute Gasteiger partial charge is 0.488 e. The molecule has 0 aliphatic rings. The molecular formula is C23H21BFNO2. The summed E-state index contributed by atoms with van der Waals surface area (Å²) in [7, 11) is 0.331. The van der Waals surface area contributed by atoms with Crippen LogP contribution in [0.25, 0.3) is 21.5 Å². The third-order valence-electron chi connectivity index (χ3n) is 5.13. The zero-order chi connectivity index (χ0) is 19.7. The lowest BCUT2D eigenvalue weighted by Crippen LogP contribution is -2.35. The highest BCUT2D eigenvalue weighted by Gasteiger charge is 2.18. The van der Waals surface area contributed by atoms with Gasteiger partial charge in [0.05, 0.1) is 0 Å². The molecule has 0 aliphatic heterocycles. The maximum absolute atomic E-state index is 13.7. The van der Waals surface area contributed by atoms with E-state index in [0.29, 0.717) is 24.1 Å². The summed E-state index contributed by atoms with van der Waals surface area (Å²) in [5, 5.41) is 23.9. The molecular weight excluding hydrogens is 352 g/mol. The number of rotatable bonds is 5. The minimum absolute atomic E-state index is 0.330. The summed E-state index contributed by atoms with van der Waals surface area (Å²) in [6.07, 6.45) is 0. The van der Waals surface area contributed by atoms with Gasteiger partial charge in [0.1, 0.15) is 5.82 Å². The van der Waals surface area contributed by atoms with Crippen LogP contribution in [0.3, 0.4) is 0 Å². The first-order valence-corrected chi connectivity index (χ1v) is 9.25. The van der Waals surface area contributed by atoms with Gasteiger partial charge in [-0.1, -0.05) is 54.6 Å². The molecule has 0 amide bonds. The lowest BCUT2D eigenvalue weighted by atomic mass is 9.77. The van der Waals surface area contributed by atoms with Crippen molar-refractivity contribution >= 4 is 34.1 Å². The van der Waals surface area contributed by atoms with Crippen molar-refractivity contribution in [1.82, 2.24) is 4.90 Å². The molecule has 0 aromatic heterocycles. The van der Waals surface area contributed by atoms with Gasteiger partial charge in [0.2, 0.25) is 0 Å². The Bertz CT molecular complexity index is 1090. The fourth-order valence-electron chi connectivity index (χ4n) is 3.86. The van der Waals surface area contributed by atoms with Crippen molar-refractivity contribution in [3.05, 3.63) is 89.7 Å². The molecule has 0 spiro atoms. The fourth-order valence-corrected chi connectivity index (χ4v) is 3.86. The van der Waals surface area contributed by atoms with Gasteiger partial charge in [-0.15, -0.1) is 0 Å². The van der Waals surface area contributed by atoms with Crippen molar-refractivity contribution in [2.75, 3.05) is 7.05 Å². The van der Waals surface area contributed by atoms with E-state index in [1.165, 1.54) is 45.3 Å².